The lowest BCUT2D eigenvalue weighted by Gasteiger charge is -2.41. The van der Waals surface area contributed by atoms with Crippen LogP contribution in [0.15, 0.2) is 35.3 Å². The summed E-state index contributed by atoms with van der Waals surface area (Å²) >= 11 is 0. The van der Waals surface area contributed by atoms with Gasteiger partial charge in [0.25, 0.3) is 11.5 Å². The Balaban J connectivity index is 1.45. The zero-order chi connectivity index (χ0) is 27.0. The molecule has 0 bridgehead atoms. The Morgan fingerprint density at radius 2 is 1.84 bits per heavy atom. The van der Waals surface area contributed by atoms with Gasteiger partial charge < -0.3 is 25.2 Å². The minimum absolute atomic E-state index is 0.0745. The fourth-order valence-corrected chi connectivity index (χ4v) is 6.54. The molecule has 4 heterocycles. The fourth-order valence-electron chi connectivity index (χ4n) is 5.49. The molecule has 0 saturated carbocycles. The van der Waals surface area contributed by atoms with E-state index in [9.17, 15) is 23.7 Å². The number of aromatic nitrogens is 3. The summed E-state index contributed by atoms with van der Waals surface area (Å²) in [6.07, 6.45) is 2.61. The molecule has 2 amide bonds. The molecule has 2 aliphatic rings. The largest absolute Gasteiger partial charge is 0.465 e. The van der Waals surface area contributed by atoms with E-state index in [1.165, 1.54) is 4.90 Å². The van der Waals surface area contributed by atoms with Gasteiger partial charge in [-0.1, -0.05) is 6.92 Å². The summed E-state index contributed by atoms with van der Waals surface area (Å²) in [7, 11) is -0.856. The summed E-state index contributed by atoms with van der Waals surface area (Å²) in [5, 5.41) is 18.0. The third kappa shape index (κ3) is 4.68. The number of aryl methyl sites for hydroxylation is 1. The Hall–Kier alpha value is -3.67. The molecule has 0 radical (unpaired) electrons. The van der Waals surface area contributed by atoms with Crippen LogP contribution in [0.4, 0.5) is 16.3 Å². The van der Waals surface area contributed by atoms with Crippen molar-refractivity contribution in [2.24, 2.45) is 0 Å². The standard InChI is InChI=1S/C26H32N6O5S/c1-3-26(7-10-31(11-8-26)25(35)36)32-20-6-9-27-23(33)21(20)22(29-32)28-18-4-5-19(17(2)16-18)24(34)30-12-14-38(37)15-13-30/h4-6,9,16H,3,7-8,10-15H2,1-2H3,(H,27,33)(H,28,29)(H,35,36). The minimum atomic E-state index is -0.925. The molecule has 3 aromatic rings. The molecule has 5 rings (SSSR count). The number of nitrogens with one attached hydrogen (secondary N) is 2. The van der Waals surface area contributed by atoms with Crippen LogP contribution in [0.2, 0.25) is 0 Å². The molecule has 38 heavy (non-hydrogen) atoms. The normalized spacial score (nSPS) is 18.1. The topological polar surface area (TPSA) is 141 Å². The number of H-pyrrole nitrogens is 1. The van der Waals surface area contributed by atoms with Crippen molar-refractivity contribution in [2.75, 3.05) is 43.0 Å². The van der Waals surface area contributed by atoms with E-state index in [1.807, 2.05) is 23.7 Å². The molecule has 11 nitrogen and oxygen atoms in total. The summed E-state index contributed by atoms with van der Waals surface area (Å²) in [5.41, 5.74) is 2.08. The van der Waals surface area contributed by atoms with Crippen molar-refractivity contribution < 1.29 is 18.9 Å². The van der Waals surface area contributed by atoms with Crippen LogP contribution < -0.4 is 10.9 Å². The lowest BCUT2D eigenvalue weighted by molar-refractivity contribution is 0.0770. The maximum atomic E-state index is 13.0. The Morgan fingerprint density at radius 3 is 2.47 bits per heavy atom. The minimum Gasteiger partial charge on any atom is -0.465 e. The van der Waals surface area contributed by atoms with Crippen molar-refractivity contribution in [3.8, 4) is 0 Å². The number of aromatic amines is 1. The van der Waals surface area contributed by atoms with E-state index < -0.39 is 22.4 Å². The van der Waals surface area contributed by atoms with E-state index in [1.54, 1.807) is 23.2 Å². The highest BCUT2D eigenvalue weighted by atomic mass is 32.2. The van der Waals surface area contributed by atoms with Crippen molar-refractivity contribution in [1.29, 1.82) is 0 Å². The van der Waals surface area contributed by atoms with E-state index in [0.717, 1.165) is 12.0 Å². The maximum Gasteiger partial charge on any atom is 0.407 e. The first-order valence-corrected chi connectivity index (χ1v) is 14.3. The Bertz CT molecular complexity index is 1460. The molecular weight excluding hydrogens is 508 g/mol. The van der Waals surface area contributed by atoms with Crippen molar-refractivity contribution >= 4 is 45.2 Å². The molecule has 2 saturated heterocycles. The third-order valence-corrected chi connectivity index (χ3v) is 9.14. The number of hydrogen-bond acceptors (Lipinski definition) is 6. The zero-order valence-electron chi connectivity index (χ0n) is 21.5. The van der Waals surface area contributed by atoms with Crippen LogP contribution in [0.25, 0.3) is 10.9 Å². The molecule has 202 valence electrons. The van der Waals surface area contributed by atoms with E-state index in [-0.39, 0.29) is 11.5 Å². The first-order valence-electron chi connectivity index (χ1n) is 12.8. The van der Waals surface area contributed by atoms with Gasteiger partial charge in [-0.05, 0) is 56.0 Å². The number of carbonyl (C=O) groups excluding carboxylic acids is 1. The highest BCUT2D eigenvalue weighted by Gasteiger charge is 2.38. The molecule has 3 N–H and O–H groups in total. The second kappa shape index (κ2) is 10.2. The van der Waals surface area contributed by atoms with Crippen LogP contribution in [0.3, 0.4) is 0 Å². The predicted octanol–water partition coefficient (Wildman–Crippen LogP) is 2.86. The summed E-state index contributed by atoms with van der Waals surface area (Å²) in [5.74, 6) is 1.34. The summed E-state index contributed by atoms with van der Waals surface area (Å²) in [6, 6.07) is 7.25. The number of piperidine rings is 1. The molecule has 1 aromatic carbocycles. The highest BCUT2D eigenvalue weighted by Crippen LogP contribution is 2.37. The zero-order valence-corrected chi connectivity index (χ0v) is 22.3. The highest BCUT2D eigenvalue weighted by molar-refractivity contribution is 7.85. The average Bonchev–Trinajstić information content (AvgIpc) is 3.29. The molecule has 0 unspecified atom stereocenters. The molecule has 2 aromatic heterocycles. The van der Waals surface area contributed by atoms with Gasteiger partial charge in [0.05, 0.1) is 11.1 Å². The quantitative estimate of drug-likeness (QED) is 0.452. The van der Waals surface area contributed by atoms with Gasteiger partial charge in [-0.15, -0.1) is 0 Å². The summed E-state index contributed by atoms with van der Waals surface area (Å²) < 4.78 is 13.6. The number of rotatable bonds is 5. The van der Waals surface area contributed by atoms with E-state index in [2.05, 4.69) is 17.2 Å². The van der Waals surface area contributed by atoms with Crippen LogP contribution in [0.5, 0.6) is 0 Å². The van der Waals surface area contributed by atoms with E-state index in [4.69, 9.17) is 5.10 Å². The van der Waals surface area contributed by atoms with Gasteiger partial charge in [0, 0.05) is 65.9 Å². The Kier molecular flexibility index (Phi) is 6.99. The number of hydrogen-bond donors (Lipinski definition) is 3. The molecule has 0 aliphatic carbocycles. The fraction of sp³-hybridized carbons (Fsp3) is 0.462. The Labute approximate surface area is 222 Å². The number of benzene rings is 1. The molecule has 2 aliphatic heterocycles. The van der Waals surface area contributed by atoms with Gasteiger partial charge in [-0.25, -0.2) is 4.79 Å². The van der Waals surface area contributed by atoms with Gasteiger partial charge in [-0.3, -0.25) is 18.5 Å². The molecule has 0 spiro atoms. The number of carboxylic acid groups (broad SMARTS) is 1. The first-order chi connectivity index (χ1) is 18.2. The number of fused-ring (bicyclic) bond motifs is 1. The van der Waals surface area contributed by atoms with Gasteiger partial charge in [0.2, 0.25) is 0 Å². The maximum absolute atomic E-state index is 13.0. The number of pyridine rings is 1. The molecule has 2 fully saturated rings. The molecule has 0 atom stereocenters. The smallest absolute Gasteiger partial charge is 0.407 e. The van der Waals surface area contributed by atoms with E-state index >= 15 is 0 Å². The van der Waals surface area contributed by atoms with Gasteiger partial charge in [0.1, 0.15) is 5.39 Å². The van der Waals surface area contributed by atoms with E-state index in [0.29, 0.717) is 78.5 Å². The number of anilines is 2. The lowest BCUT2D eigenvalue weighted by Crippen LogP contribution is -2.47. The van der Waals surface area contributed by atoms with Crippen LogP contribution in [-0.2, 0) is 16.3 Å². The second-order valence-corrected chi connectivity index (χ2v) is 11.7. The number of amides is 2. The van der Waals surface area contributed by atoms with Crippen molar-refractivity contribution in [1.82, 2.24) is 24.6 Å². The van der Waals surface area contributed by atoms with Crippen LogP contribution in [0.1, 0.15) is 42.1 Å². The van der Waals surface area contributed by atoms with Crippen LogP contribution in [0, 0.1) is 6.92 Å². The van der Waals surface area contributed by atoms with Crippen molar-refractivity contribution in [2.45, 2.75) is 38.6 Å². The molecule has 12 heteroatoms. The SMILES string of the molecule is CCC1(n2nc(Nc3ccc(C(=O)N4CCS(=O)CC4)c(C)c3)c3c(=O)[nH]ccc32)CCN(C(=O)O)CC1. The summed E-state index contributed by atoms with van der Waals surface area (Å²) in [6.45, 7) is 5.70. The lowest BCUT2D eigenvalue weighted by atomic mass is 9.85. The number of nitrogens with zero attached hydrogens (tertiary/aromatic N) is 4. The number of carbonyl (C=O) groups is 2. The van der Waals surface area contributed by atoms with Gasteiger partial charge in [0.15, 0.2) is 5.82 Å². The third-order valence-electron chi connectivity index (χ3n) is 7.86. The Morgan fingerprint density at radius 1 is 1.13 bits per heavy atom. The average molecular weight is 541 g/mol. The first kappa shape index (κ1) is 26.0. The summed E-state index contributed by atoms with van der Waals surface area (Å²) in [4.78, 5) is 43.3. The van der Waals surface area contributed by atoms with Crippen molar-refractivity contribution in [3.63, 3.8) is 0 Å². The number of likely N-dealkylation sites (tertiary alicyclic amines) is 1. The molecular formula is C26H32N6O5S. The van der Waals surface area contributed by atoms with Gasteiger partial charge in [-0.2, -0.15) is 5.10 Å². The van der Waals surface area contributed by atoms with Crippen LogP contribution >= 0.6 is 0 Å². The predicted molar refractivity (Wildman–Crippen MR) is 146 cm³/mol. The second-order valence-electron chi connectivity index (χ2n) is 9.97. The van der Waals surface area contributed by atoms with Crippen molar-refractivity contribution in [3.05, 3.63) is 51.9 Å². The van der Waals surface area contributed by atoms with Crippen LogP contribution in [-0.4, -0.2) is 83.6 Å². The van der Waals surface area contributed by atoms with Gasteiger partial charge >= 0.3 is 6.09 Å². The monoisotopic (exact) mass is 540 g/mol.